The van der Waals surface area contributed by atoms with Crippen molar-refractivity contribution in [3.8, 4) is 0 Å². The van der Waals surface area contributed by atoms with Crippen LogP contribution in [-0.4, -0.2) is 40.2 Å². The van der Waals surface area contributed by atoms with Crippen LogP contribution in [0.1, 0.15) is 97.3 Å². The molecule has 1 spiro atoms. The lowest BCUT2D eigenvalue weighted by Gasteiger charge is -2.56. The van der Waals surface area contributed by atoms with E-state index in [0.717, 1.165) is 64.2 Å². The van der Waals surface area contributed by atoms with Crippen LogP contribution in [0.25, 0.3) is 0 Å². The van der Waals surface area contributed by atoms with Crippen molar-refractivity contribution < 1.29 is 24.2 Å². The number of aliphatic hydroxyl groups is 1. The van der Waals surface area contributed by atoms with Gasteiger partial charge in [0.15, 0.2) is 0 Å². The normalized spacial score (nSPS) is 43.4. The number of unbranched alkanes of at least 4 members (excludes halogenated alkanes) is 1. The largest absolute Gasteiger partial charge is 0.462 e. The fourth-order valence-electron chi connectivity index (χ4n) is 7.60. The number of carbonyl (C=O) groups excluding carboxylic acids is 2. The Bertz CT molecular complexity index is 683. The Morgan fingerprint density at radius 2 is 1.81 bits per heavy atom. The fourth-order valence-corrected chi connectivity index (χ4v) is 8.53. The van der Waals surface area contributed by atoms with E-state index in [1.807, 2.05) is 6.92 Å². The first-order valence-corrected chi connectivity index (χ1v) is 14.0. The van der Waals surface area contributed by atoms with E-state index in [9.17, 15) is 14.7 Å². The van der Waals surface area contributed by atoms with Gasteiger partial charge in [-0.1, -0.05) is 42.6 Å². The van der Waals surface area contributed by atoms with E-state index in [4.69, 9.17) is 9.47 Å². The second-order valence-electron chi connectivity index (χ2n) is 11.0. The van der Waals surface area contributed by atoms with Gasteiger partial charge in [0, 0.05) is 18.8 Å². The molecule has 0 aromatic carbocycles. The molecule has 0 amide bonds. The second kappa shape index (κ2) is 10.3. The van der Waals surface area contributed by atoms with Gasteiger partial charge in [-0.25, -0.2) is 0 Å². The molecule has 4 rings (SSSR count). The Labute approximate surface area is 201 Å². The lowest BCUT2D eigenvalue weighted by molar-refractivity contribution is -0.161. The van der Waals surface area contributed by atoms with Gasteiger partial charge in [0.05, 0.1) is 10.9 Å². The molecule has 6 heteroatoms. The summed E-state index contributed by atoms with van der Waals surface area (Å²) in [6.07, 6.45) is 11.7. The van der Waals surface area contributed by atoms with Gasteiger partial charge in [0.2, 0.25) is 0 Å². The Balaban J connectivity index is 1.45. The molecule has 1 N–H and O–H groups in total. The maximum Gasteiger partial charge on any atom is 0.306 e. The Morgan fingerprint density at radius 1 is 1.00 bits per heavy atom. The highest BCUT2D eigenvalue weighted by Gasteiger charge is 2.57. The summed E-state index contributed by atoms with van der Waals surface area (Å²) in [7, 11) is 0. The van der Waals surface area contributed by atoms with Crippen molar-refractivity contribution in [3.05, 3.63) is 0 Å². The molecule has 4 aliphatic rings. The molecule has 0 heterocycles. The van der Waals surface area contributed by atoms with Crippen molar-refractivity contribution >= 4 is 27.9 Å². The number of fused-ring (bicyclic) bond motifs is 3. The van der Waals surface area contributed by atoms with Crippen LogP contribution in [0.5, 0.6) is 0 Å². The van der Waals surface area contributed by atoms with Crippen LogP contribution in [-0.2, 0) is 19.1 Å². The summed E-state index contributed by atoms with van der Waals surface area (Å²) in [5, 5.41) is 11.3. The van der Waals surface area contributed by atoms with Crippen molar-refractivity contribution in [2.24, 2.45) is 29.1 Å². The smallest absolute Gasteiger partial charge is 0.306 e. The zero-order valence-corrected chi connectivity index (χ0v) is 21.4. The van der Waals surface area contributed by atoms with E-state index in [1.54, 1.807) is 0 Å². The molecule has 4 unspecified atom stereocenters. The third kappa shape index (κ3) is 4.92. The summed E-state index contributed by atoms with van der Waals surface area (Å²) in [4.78, 5) is 24.4. The van der Waals surface area contributed by atoms with E-state index < -0.39 is 0 Å². The molecule has 5 nitrogen and oxygen atoms in total. The third-order valence-electron chi connectivity index (χ3n) is 9.22. The van der Waals surface area contributed by atoms with Crippen LogP contribution in [0, 0.1) is 29.1 Å². The standard InChI is InChI=1S/C26H41BrO5/c1-3-5-8-24(30)31-17-9-11-26-10-6-7-18-19(14-21(27)25(18)32-23(29)4-2)20(15-26)22(28)13-16(26)12-17/h16-22,25,28H,3-15H2,1-2H3/t16?,17-,18-,19?,20?,21+,22?,25+,26+/m0/s1. The minimum absolute atomic E-state index is 0.0214. The Morgan fingerprint density at radius 3 is 2.56 bits per heavy atom. The van der Waals surface area contributed by atoms with E-state index in [0.29, 0.717) is 30.6 Å². The molecular formula is C26H41BrO5. The summed E-state index contributed by atoms with van der Waals surface area (Å²) < 4.78 is 11.7. The van der Waals surface area contributed by atoms with Crippen molar-refractivity contribution in [1.82, 2.24) is 0 Å². The number of carbonyl (C=O) groups is 2. The molecule has 32 heavy (non-hydrogen) atoms. The highest BCUT2D eigenvalue weighted by atomic mass is 79.9. The molecule has 0 aromatic rings. The minimum Gasteiger partial charge on any atom is -0.462 e. The van der Waals surface area contributed by atoms with Crippen molar-refractivity contribution in [2.75, 3.05) is 0 Å². The number of ether oxygens (including phenoxy) is 2. The fraction of sp³-hybridized carbons (Fsp3) is 0.923. The first-order chi connectivity index (χ1) is 15.4. The number of esters is 2. The Hall–Kier alpha value is -0.620. The van der Waals surface area contributed by atoms with Gasteiger partial charge in [-0.15, -0.1) is 0 Å². The van der Waals surface area contributed by atoms with Gasteiger partial charge >= 0.3 is 11.9 Å². The minimum atomic E-state index is -0.311. The van der Waals surface area contributed by atoms with Crippen LogP contribution in [0.15, 0.2) is 0 Å². The van der Waals surface area contributed by atoms with Crippen molar-refractivity contribution in [1.29, 1.82) is 0 Å². The maximum atomic E-state index is 12.2. The monoisotopic (exact) mass is 512 g/mol. The van der Waals surface area contributed by atoms with Gasteiger partial charge in [0.25, 0.3) is 0 Å². The zero-order chi connectivity index (χ0) is 22.9. The number of hydrogen-bond acceptors (Lipinski definition) is 5. The highest BCUT2D eigenvalue weighted by Crippen LogP contribution is 2.61. The van der Waals surface area contributed by atoms with E-state index in [-0.39, 0.29) is 46.4 Å². The number of rotatable bonds is 6. The molecule has 0 saturated heterocycles. The van der Waals surface area contributed by atoms with Gasteiger partial charge in [-0.3, -0.25) is 9.59 Å². The summed E-state index contributed by atoms with van der Waals surface area (Å²) in [5.41, 5.74) is 0.279. The summed E-state index contributed by atoms with van der Waals surface area (Å²) in [5.74, 6) is 1.31. The second-order valence-corrected chi connectivity index (χ2v) is 12.2. The highest BCUT2D eigenvalue weighted by molar-refractivity contribution is 9.09. The molecule has 0 aliphatic heterocycles. The molecule has 0 radical (unpaired) electrons. The molecule has 9 atom stereocenters. The Kier molecular flexibility index (Phi) is 7.91. The predicted molar refractivity (Wildman–Crippen MR) is 126 cm³/mol. The zero-order valence-electron chi connectivity index (χ0n) is 19.8. The summed E-state index contributed by atoms with van der Waals surface area (Å²) in [6, 6.07) is 0. The van der Waals surface area contributed by atoms with Crippen LogP contribution >= 0.6 is 15.9 Å². The van der Waals surface area contributed by atoms with Crippen LogP contribution in [0.2, 0.25) is 0 Å². The molecule has 4 saturated carbocycles. The number of hydrogen-bond donors (Lipinski definition) is 1. The van der Waals surface area contributed by atoms with E-state index in [1.165, 1.54) is 6.42 Å². The van der Waals surface area contributed by atoms with Crippen LogP contribution < -0.4 is 0 Å². The average molecular weight is 514 g/mol. The molecule has 182 valence electrons. The van der Waals surface area contributed by atoms with E-state index >= 15 is 0 Å². The quantitative estimate of drug-likeness (QED) is 0.372. The number of alkyl halides is 1. The van der Waals surface area contributed by atoms with Crippen LogP contribution in [0.4, 0.5) is 0 Å². The maximum absolute atomic E-state index is 12.2. The van der Waals surface area contributed by atoms with Gasteiger partial charge < -0.3 is 14.6 Å². The SMILES string of the molecule is CCCCC(=O)O[C@H]1CC[C@]23CCC[C@H]4C(C[C@@H](Br)[C@@H]4OC(=O)CC)C(C2)C(O)CC3C1. The molecule has 0 aromatic heterocycles. The van der Waals surface area contributed by atoms with Gasteiger partial charge in [-0.05, 0) is 81.0 Å². The molecule has 4 aliphatic carbocycles. The average Bonchev–Trinajstić information content (AvgIpc) is 3.05. The topological polar surface area (TPSA) is 72.8 Å². The lowest BCUT2D eigenvalue weighted by atomic mass is 9.51. The first kappa shape index (κ1) is 24.5. The van der Waals surface area contributed by atoms with Gasteiger partial charge in [-0.2, -0.15) is 0 Å². The lowest BCUT2D eigenvalue weighted by Crippen LogP contribution is -2.51. The van der Waals surface area contributed by atoms with Crippen molar-refractivity contribution in [3.63, 3.8) is 0 Å². The predicted octanol–water partition coefficient (Wildman–Crippen LogP) is 5.55. The summed E-state index contributed by atoms with van der Waals surface area (Å²) in [6.45, 7) is 3.94. The molecule has 4 fully saturated rings. The number of halogens is 1. The third-order valence-corrected chi connectivity index (χ3v) is 10.1. The first-order valence-electron chi connectivity index (χ1n) is 13.1. The van der Waals surface area contributed by atoms with Gasteiger partial charge in [0.1, 0.15) is 12.2 Å². The number of aliphatic hydroxyl groups excluding tert-OH is 1. The van der Waals surface area contributed by atoms with E-state index in [2.05, 4.69) is 22.9 Å². The van der Waals surface area contributed by atoms with Crippen molar-refractivity contribution in [2.45, 2.75) is 120 Å². The van der Waals surface area contributed by atoms with Crippen LogP contribution in [0.3, 0.4) is 0 Å². The summed E-state index contributed by atoms with van der Waals surface area (Å²) >= 11 is 3.82. The molecule has 2 bridgehead atoms. The molecular weight excluding hydrogens is 472 g/mol.